The molecular weight excluding hydrogens is 262 g/mol. The number of nitrogens with zero attached hydrogens (tertiary/aromatic N) is 2. The quantitative estimate of drug-likeness (QED) is 0.809. The zero-order valence-corrected chi connectivity index (χ0v) is 13.2. The molecule has 0 fully saturated rings. The Kier molecular flexibility index (Phi) is 5.93. The van der Waals surface area contributed by atoms with Crippen LogP contribution in [0.1, 0.15) is 50.4 Å². The molecule has 21 heavy (non-hydrogen) atoms. The topological polar surface area (TPSA) is 51.0 Å². The van der Waals surface area contributed by atoms with Gasteiger partial charge in [0.1, 0.15) is 0 Å². The van der Waals surface area contributed by atoms with Crippen molar-refractivity contribution in [3.05, 3.63) is 47.6 Å². The summed E-state index contributed by atoms with van der Waals surface area (Å²) in [6.45, 7) is 7.47. The molecular formula is C17H25N3O. The first-order valence-electron chi connectivity index (χ1n) is 7.80. The first kappa shape index (κ1) is 15.7. The molecule has 2 atom stereocenters. The molecule has 1 aromatic carbocycles. The minimum absolute atomic E-state index is 0.231. The third kappa shape index (κ3) is 4.67. The molecule has 0 bridgehead atoms. The van der Waals surface area contributed by atoms with E-state index in [0.717, 1.165) is 37.5 Å². The summed E-state index contributed by atoms with van der Waals surface area (Å²) in [5.41, 5.74) is 1.30. The van der Waals surface area contributed by atoms with Gasteiger partial charge in [0, 0.05) is 12.5 Å². The maximum absolute atomic E-state index is 5.41. The highest BCUT2D eigenvalue weighted by Crippen LogP contribution is 2.17. The normalized spacial score (nSPS) is 14.0. The van der Waals surface area contributed by atoms with Gasteiger partial charge in [-0.1, -0.05) is 49.3 Å². The Morgan fingerprint density at radius 3 is 2.62 bits per heavy atom. The minimum atomic E-state index is 0.231. The average Bonchev–Trinajstić information content (AvgIpc) is 2.99. The molecule has 0 saturated heterocycles. The number of benzene rings is 1. The van der Waals surface area contributed by atoms with E-state index in [1.54, 1.807) is 0 Å². The van der Waals surface area contributed by atoms with Crippen LogP contribution in [0.2, 0.25) is 0 Å². The van der Waals surface area contributed by atoms with Crippen LogP contribution in [0.5, 0.6) is 0 Å². The van der Waals surface area contributed by atoms with Crippen LogP contribution in [0.25, 0.3) is 0 Å². The van der Waals surface area contributed by atoms with Crippen molar-refractivity contribution in [2.75, 3.05) is 6.54 Å². The number of rotatable bonds is 8. The van der Waals surface area contributed by atoms with Gasteiger partial charge >= 0.3 is 0 Å². The van der Waals surface area contributed by atoms with Crippen molar-refractivity contribution < 1.29 is 4.52 Å². The molecule has 0 spiro atoms. The molecule has 2 aromatic rings. The zero-order chi connectivity index (χ0) is 15.1. The number of hydrogen-bond donors (Lipinski definition) is 1. The average molecular weight is 287 g/mol. The van der Waals surface area contributed by atoms with Crippen LogP contribution in [-0.2, 0) is 12.8 Å². The molecule has 0 aliphatic carbocycles. The molecule has 0 radical (unpaired) electrons. The zero-order valence-electron chi connectivity index (χ0n) is 13.2. The Morgan fingerprint density at radius 2 is 1.90 bits per heavy atom. The number of aromatic nitrogens is 2. The Balaban J connectivity index is 1.88. The fraction of sp³-hybridized carbons (Fsp3) is 0.529. The van der Waals surface area contributed by atoms with E-state index in [-0.39, 0.29) is 5.92 Å². The van der Waals surface area contributed by atoms with Crippen LogP contribution in [0.15, 0.2) is 34.9 Å². The maximum atomic E-state index is 5.41. The third-order valence-electron chi connectivity index (χ3n) is 3.82. The molecule has 0 aliphatic rings. The number of aryl methyl sites for hydroxylation is 2. The minimum Gasteiger partial charge on any atom is -0.339 e. The summed E-state index contributed by atoms with van der Waals surface area (Å²) in [4.78, 5) is 4.54. The number of hydrogen-bond acceptors (Lipinski definition) is 4. The van der Waals surface area contributed by atoms with Crippen molar-refractivity contribution in [2.24, 2.45) is 0 Å². The highest BCUT2D eigenvalue weighted by molar-refractivity contribution is 5.15. The Hall–Kier alpha value is -1.68. The largest absolute Gasteiger partial charge is 0.339 e. The van der Waals surface area contributed by atoms with Gasteiger partial charge in [0.25, 0.3) is 0 Å². The van der Waals surface area contributed by atoms with Gasteiger partial charge < -0.3 is 9.84 Å². The smallest absolute Gasteiger partial charge is 0.231 e. The molecule has 2 unspecified atom stereocenters. The number of nitrogens with one attached hydrogen (secondary N) is 1. The van der Waals surface area contributed by atoms with Gasteiger partial charge in [-0.15, -0.1) is 0 Å². The van der Waals surface area contributed by atoms with Gasteiger partial charge in [0.05, 0.1) is 5.92 Å². The molecule has 2 rings (SSSR count). The van der Waals surface area contributed by atoms with Crippen molar-refractivity contribution in [3.63, 3.8) is 0 Å². The molecule has 0 saturated carbocycles. The second-order valence-corrected chi connectivity index (χ2v) is 5.57. The summed E-state index contributed by atoms with van der Waals surface area (Å²) in [5.74, 6) is 1.76. The predicted octanol–water partition coefficient (Wildman–Crippen LogP) is 3.35. The highest BCUT2D eigenvalue weighted by Gasteiger charge is 2.20. The lowest BCUT2D eigenvalue weighted by Crippen LogP contribution is -2.31. The van der Waals surface area contributed by atoms with Gasteiger partial charge in [0.15, 0.2) is 5.82 Å². The molecule has 1 N–H and O–H groups in total. The van der Waals surface area contributed by atoms with E-state index in [4.69, 9.17) is 4.52 Å². The first-order chi connectivity index (χ1) is 10.2. The summed E-state index contributed by atoms with van der Waals surface area (Å²) in [5, 5.41) is 7.57. The van der Waals surface area contributed by atoms with Crippen LogP contribution < -0.4 is 5.32 Å². The van der Waals surface area contributed by atoms with E-state index in [9.17, 15) is 0 Å². The third-order valence-corrected chi connectivity index (χ3v) is 3.82. The second kappa shape index (κ2) is 7.93. The molecule has 0 aliphatic heterocycles. The van der Waals surface area contributed by atoms with E-state index in [2.05, 4.69) is 60.5 Å². The van der Waals surface area contributed by atoms with Crippen molar-refractivity contribution in [1.82, 2.24) is 15.5 Å². The van der Waals surface area contributed by atoms with Crippen LogP contribution in [-0.4, -0.2) is 22.7 Å². The summed E-state index contributed by atoms with van der Waals surface area (Å²) in [6.07, 6.45) is 2.89. The van der Waals surface area contributed by atoms with Gasteiger partial charge in [0.2, 0.25) is 5.89 Å². The van der Waals surface area contributed by atoms with Crippen molar-refractivity contribution in [1.29, 1.82) is 0 Å². The van der Waals surface area contributed by atoms with E-state index in [1.807, 2.05) is 6.07 Å². The summed E-state index contributed by atoms with van der Waals surface area (Å²) in [7, 11) is 0. The first-order valence-corrected chi connectivity index (χ1v) is 7.80. The maximum Gasteiger partial charge on any atom is 0.231 e. The fourth-order valence-electron chi connectivity index (χ4n) is 2.22. The van der Waals surface area contributed by atoms with E-state index in [1.165, 1.54) is 5.56 Å². The lowest BCUT2D eigenvalue weighted by molar-refractivity contribution is 0.328. The molecule has 114 valence electrons. The Bertz CT molecular complexity index is 524. The summed E-state index contributed by atoms with van der Waals surface area (Å²) >= 11 is 0. The van der Waals surface area contributed by atoms with Crippen LogP contribution in [0, 0.1) is 0 Å². The molecule has 1 aromatic heterocycles. The molecule has 1 heterocycles. The van der Waals surface area contributed by atoms with Crippen LogP contribution in [0.3, 0.4) is 0 Å². The van der Waals surface area contributed by atoms with Gasteiger partial charge in [-0.3, -0.25) is 0 Å². The van der Waals surface area contributed by atoms with Crippen LogP contribution in [0.4, 0.5) is 0 Å². The Labute approximate surface area is 127 Å². The highest BCUT2D eigenvalue weighted by atomic mass is 16.5. The second-order valence-electron chi connectivity index (χ2n) is 5.57. The van der Waals surface area contributed by atoms with E-state index >= 15 is 0 Å². The van der Waals surface area contributed by atoms with Crippen molar-refractivity contribution >= 4 is 0 Å². The van der Waals surface area contributed by atoms with E-state index in [0.29, 0.717) is 6.04 Å². The van der Waals surface area contributed by atoms with Gasteiger partial charge in [-0.2, -0.15) is 4.98 Å². The molecule has 0 amide bonds. The van der Waals surface area contributed by atoms with Gasteiger partial charge in [-0.05, 0) is 31.9 Å². The fourth-order valence-corrected chi connectivity index (χ4v) is 2.22. The molecule has 4 heteroatoms. The lowest BCUT2D eigenvalue weighted by atomic mass is 10.0. The van der Waals surface area contributed by atoms with Crippen LogP contribution >= 0.6 is 0 Å². The van der Waals surface area contributed by atoms with E-state index < -0.39 is 0 Å². The predicted molar refractivity (Wildman–Crippen MR) is 84.3 cm³/mol. The van der Waals surface area contributed by atoms with Crippen molar-refractivity contribution in [2.45, 2.75) is 52.0 Å². The molecule has 4 nitrogen and oxygen atoms in total. The van der Waals surface area contributed by atoms with Gasteiger partial charge in [-0.25, -0.2) is 0 Å². The lowest BCUT2D eigenvalue weighted by Gasteiger charge is -2.17. The summed E-state index contributed by atoms with van der Waals surface area (Å²) in [6, 6.07) is 10.7. The Morgan fingerprint density at radius 1 is 1.14 bits per heavy atom. The summed E-state index contributed by atoms with van der Waals surface area (Å²) < 4.78 is 5.41. The monoisotopic (exact) mass is 287 g/mol. The van der Waals surface area contributed by atoms with Crippen molar-refractivity contribution in [3.8, 4) is 0 Å². The SMILES string of the molecule is CCCNC(C)C(C)c1nc(CCc2ccccc2)no1. The standard InChI is InChI=1S/C17H25N3O/c1-4-12-18-14(3)13(2)17-19-16(20-21-17)11-10-15-8-6-5-7-9-15/h5-9,13-14,18H,4,10-12H2,1-3H3.